The van der Waals surface area contributed by atoms with Gasteiger partial charge in [-0.2, -0.15) is 0 Å². The van der Waals surface area contributed by atoms with Crippen LogP contribution in [0.2, 0.25) is 0 Å². The highest BCUT2D eigenvalue weighted by atomic mass is 79.9. The maximum absolute atomic E-state index is 12.0. The third-order valence-corrected chi connectivity index (χ3v) is 3.01. The fraction of sp³-hybridized carbons (Fsp3) is 0.462. The number of aryl methyl sites for hydroxylation is 1. The van der Waals surface area contributed by atoms with Gasteiger partial charge in [0.15, 0.2) is 0 Å². The van der Waals surface area contributed by atoms with Crippen LogP contribution in [-0.4, -0.2) is 23.2 Å². The summed E-state index contributed by atoms with van der Waals surface area (Å²) < 4.78 is 0.886. The highest BCUT2D eigenvalue weighted by molar-refractivity contribution is 9.10. The molecule has 1 rings (SSSR count). The van der Waals surface area contributed by atoms with E-state index >= 15 is 0 Å². The Bertz CT molecular complexity index is 404. The van der Waals surface area contributed by atoms with Crippen LogP contribution >= 0.6 is 15.9 Å². The van der Waals surface area contributed by atoms with E-state index in [4.69, 9.17) is 0 Å². The Morgan fingerprint density at radius 2 is 2.12 bits per heavy atom. The average molecular weight is 300 g/mol. The van der Waals surface area contributed by atoms with Crippen molar-refractivity contribution in [1.82, 2.24) is 5.32 Å². The molecule has 2 N–H and O–H groups in total. The van der Waals surface area contributed by atoms with Crippen molar-refractivity contribution in [3.8, 4) is 0 Å². The standard InChI is InChI=1S/C13H18BrNO2/c1-8-4-5-11(14)7-12(8)13(17)15-9(2)6-10(3)16/h4-5,7,9-10,16H,6H2,1-3H3,(H,15,17). The summed E-state index contributed by atoms with van der Waals surface area (Å²) >= 11 is 3.35. The topological polar surface area (TPSA) is 49.3 Å². The maximum atomic E-state index is 12.0. The molecule has 1 aromatic rings. The van der Waals surface area contributed by atoms with Crippen LogP contribution in [0.25, 0.3) is 0 Å². The molecule has 1 amide bonds. The number of aliphatic hydroxyl groups excluding tert-OH is 1. The highest BCUT2D eigenvalue weighted by Crippen LogP contribution is 2.16. The lowest BCUT2D eigenvalue weighted by molar-refractivity contribution is 0.0922. The lowest BCUT2D eigenvalue weighted by Gasteiger charge is -2.16. The van der Waals surface area contributed by atoms with Crippen LogP contribution in [0.1, 0.15) is 36.2 Å². The number of hydrogen-bond donors (Lipinski definition) is 2. The van der Waals surface area contributed by atoms with Crippen LogP contribution < -0.4 is 5.32 Å². The van der Waals surface area contributed by atoms with E-state index in [1.165, 1.54) is 0 Å². The monoisotopic (exact) mass is 299 g/mol. The van der Waals surface area contributed by atoms with E-state index in [1.807, 2.05) is 26.0 Å². The molecule has 0 heterocycles. The smallest absolute Gasteiger partial charge is 0.251 e. The number of hydrogen-bond acceptors (Lipinski definition) is 2. The molecule has 2 unspecified atom stereocenters. The number of aliphatic hydroxyl groups is 1. The Morgan fingerprint density at radius 3 is 2.71 bits per heavy atom. The van der Waals surface area contributed by atoms with E-state index in [-0.39, 0.29) is 11.9 Å². The Morgan fingerprint density at radius 1 is 1.47 bits per heavy atom. The number of rotatable bonds is 4. The maximum Gasteiger partial charge on any atom is 0.251 e. The van der Waals surface area contributed by atoms with E-state index in [9.17, 15) is 9.90 Å². The first-order chi connectivity index (χ1) is 7.90. The van der Waals surface area contributed by atoms with Gasteiger partial charge in [0.2, 0.25) is 0 Å². The average Bonchev–Trinajstić information content (AvgIpc) is 2.20. The molecule has 0 spiro atoms. The summed E-state index contributed by atoms with van der Waals surface area (Å²) in [5, 5.41) is 12.1. The predicted molar refractivity (Wildman–Crippen MR) is 72.1 cm³/mol. The molecule has 0 radical (unpaired) electrons. The van der Waals surface area contributed by atoms with Gasteiger partial charge in [0.05, 0.1) is 6.10 Å². The number of nitrogens with one attached hydrogen (secondary N) is 1. The van der Waals surface area contributed by atoms with Crippen LogP contribution in [-0.2, 0) is 0 Å². The molecule has 0 aliphatic rings. The van der Waals surface area contributed by atoms with Gasteiger partial charge in [0.1, 0.15) is 0 Å². The summed E-state index contributed by atoms with van der Waals surface area (Å²) in [5.41, 5.74) is 1.60. The van der Waals surface area contributed by atoms with Gasteiger partial charge in [0, 0.05) is 16.1 Å². The predicted octanol–water partition coefficient (Wildman–Crippen LogP) is 2.65. The molecule has 0 bridgehead atoms. The van der Waals surface area contributed by atoms with E-state index in [2.05, 4.69) is 21.2 Å². The fourth-order valence-corrected chi connectivity index (χ4v) is 2.07. The summed E-state index contributed by atoms with van der Waals surface area (Å²) in [7, 11) is 0. The van der Waals surface area contributed by atoms with Gasteiger partial charge in [-0.15, -0.1) is 0 Å². The SMILES string of the molecule is Cc1ccc(Br)cc1C(=O)NC(C)CC(C)O. The van der Waals surface area contributed by atoms with Crippen molar-refractivity contribution in [3.05, 3.63) is 33.8 Å². The van der Waals surface area contributed by atoms with Gasteiger partial charge in [-0.1, -0.05) is 22.0 Å². The molecule has 4 heteroatoms. The van der Waals surface area contributed by atoms with Crippen molar-refractivity contribution in [1.29, 1.82) is 0 Å². The number of carbonyl (C=O) groups is 1. The summed E-state index contributed by atoms with van der Waals surface area (Å²) in [6.45, 7) is 5.51. The number of halogens is 1. The first kappa shape index (κ1) is 14.2. The van der Waals surface area contributed by atoms with Crippen LogP contribution in [0, 0.1) is 6.92 Å². The van der Waals surface area contributed by atoms with E-state index < -0.39 is 6.10 Å². The lowest BCUT2D eigenvalue weighted by Crippen LogP contribution is -2.35. The Kier molecular flexibility index (Phi) is 5.15. The van der Waals surface area contributed by atoms with Crippen LogP contribution in [0.5, 0.6) is 0 Å². The first-order valence-electron chi connectivity index (χ1n) is 5.65. The Labute approximate surface area is 110 Å². The largest absolute Gasteiger partial charge is 0.393 e. The van der Waals surface area contributed by atoms with Gasteiger partial charge >= 0.3 is 0 Å². The zero-order valence-electron chi connectivity index (χ0n) is 10.3. The van der Waals surface area contributed by atoms with Gasteiger partial charge in [-0.25, -0.2) is 0 Å². The van der Waals surface area contributed by atoms with Crippen molar-refractivity contribution in [2.75, 3.05) is 0 Å². The number of amides is 1. The minimum absolute atomic E-state index is 0.0409. The summed E-state index contributed by atoms with van der Waals surface area (Å²) in [6.07, 6.45) is 0.146. The molecule has 0 aliphatic heterocycles. The molecule has 3 nitrogen and oxygen atoms in total. The van der Waals surface area contributed by atoms with Crippen molar-refractivity contribution in [2.45, 2.75) is 39.3 Å². The third kappa shape index (κ3) is 4.48. The van der Waals surface area contributed by atoms with Crippen molar-refractivity contribution in [2.24, 2.45) is 0 Å². The van der Waals surface area contributed by atoms with Crippen LogP contribution in [0.3, 0.4) is 0 Å². The second-order valence-electron chi connectivity index (χ2n) is 4.42. The molecule has 0 saturated heterocycles. The lowest BCUT2D eigenvalue weighted by atomic mass is 10.1. The fourth-order valence-electron chi connectivity index (χ4n) is 1.71. The summed E-state index contributed by atoms with van der Waals surface area (Å²) in [4.78, 5) is 12.0. The van der Waals surface area contributed by atoms with Crippen molar-refractivity contribution < 1.29 is 9.90 Å². The van der Waals surface area contributed by atoms with Crippen LogP contribution in [0.4, 0.5) is 0 Å². The molecule has 17 heavy (non-hydrogen) atoms. The van der Waals surface area contributed by atoms with E-state index in [1.54, 1.807) is 13.0 Å². The molecule has 0 saturated carbocycles. The molecular weight excluding hydrogens is 282 g/mol. The number of carbonyl (C=O) groups excluding carboxylic acids is 1. The Balaban J connectivity index is 2.73. The van der Waals surface area contributed by atoms with Crippen molar-refractivity contribution in [3.63, 3.8) is 0 Å². The molecule has 1 aromatic carbocycles. The molecular formula is C13H18BrNO2. The zero-order valence-corrected chi connectivity index (χ0v) is 11.9. The van der Waals surface area contributed by atoms with E-state index in [0.29, 0.717) is 12.0 Å². The third-order valence-electron chi connectivity index (χ3n) is 2.52. The molecule has 0 aromatic heterocycles. The second kappa shape index (κ2) is 6.17. The van der Waals surface area contributed by atoms with Gasteiger partial charge < -0.3 is 10.4 Å². The summed E-state index contributed by atoms with van der Waals surface area (Å²) in [5.74, 6) is -0.100. The van der Waals surface area contributed by atoms with Crippen LogP contribution in [0.15, 0.2) is 22.7 Å². The van der Waals surface area contributed by atoms with Gasteiger partial charge in [-0.3, -0.25) is 4.79 Å². The quantitative estimate of drug-likeness (QED) is 0.898. The Hall–Kier alpha value is -0.870. The number of benzene rings is 1. The molecule has 0 aliphatic carbocycles. The van der Waals surface area contributed by atoms with E-state index in [0.717, 1.165) is 10.0 Å². The normalized spacial score (nSPS) is 14.2. The first-order valence-corrected chi connectivity index (χ1v) is 6.44. The minimum atomic E-state index is -0.408. The summed E-state index contributed by atoms with van der Waals surface area (Å²) in [6, 6.07) is 5.57. The van der Waals surface area contributed by atoms with Crippen molar-refractivity contribution >= 4 is 21.8 Å². The highest BCUT2D eigenvalue weighted by Gasteiger charge is 2.13. The molecule has 0 fully saturated rings. The molecule has 2 atom stereocenters. The molecule has 94 valence electrons. The van der Waals surface area contributed by atoms with Gasteiger partial charge in [-0.05, 0) is 44.9 Å². The minimum Gasteiger partial charge on any atom is -0.393 e. The zero-order chi connectivity index (χ0) is 13.0. The van der Waals surface area contributed by atoms with Gasteiger partial charge in [0.25, 0.3) is 5.91 Å². The second-order valence-corrected chi connectivity index (χ2v) is 5.33.